The molecule has 0 bridgehead atoms. The van der Waals surface area contributed by atoms with Crippen LogP contribution in [0.4, 0.5) is 0 Å². The number of methoxy groups -OCH3 is 1. The van der Waals surface area contributed by atoms with E-state index in [9.17, 15) is 9.59 Å². The van der Waals surface area contributed by atoms with Crippen LogP contribution in [0.25, 0.3) is 0 Å². The van der Waals surface area contributed by atoms with Gasteiger partial charge in [0.1, 0.15) is 5.75 Å². The highest BCUT2D eigenvalue weighted by molar-refractivity contribution is 6.36. The Balaban J connectivity index is 1.95. The van der Waals surface area contributed by atoms with Crippen molar-refractivity contribution in [2.75, 3.05) is 26.8 Å². The minimum absolute atomic E-state index is 0.0911. The predicted octanol–water partition coefficient (Wildman–Crippen LogP) is 2.08. The fraction of sp³-hybridized carbons (Fsp3) is 0.556. The molecule has 1 aliphatic rings. The van der Waals surface area contributed by atoms with Crippen molar-refractivity contribution in [2.45, 2.75) is 32.8 Å². The summed E-state index contributed by atoms with van der Waals surface area (Å²) in [5.74, 6) is 0.318. The van der Waals surface area contributed by atoms with Crippen molar-refractivity contribution in [1.29, 1.82) is 0 Å². The molecule has 1 saturated heterocycles. The number of ketones is 1. The molecule has 0 N–H and O–H groups in total. The third kappa shape index (κ3) is 5.06. The van der Waals surface area contributed by atoms with Crippen molar-refractivity contribution in [3.8, 4) is 5.75 Å². The second-order valence-corrected chi connectivity index (χ2v) is 6.32. The van der Waals surface area contributed by atoms with Gasteiger partial charge in [-0.3, -0.25) is 9.59 Å². The molecule has 1 aromatic rings. The summed E-state index contributed by atoms with van der Waals surface area (Å²) in [4.78, 5) is 25.8. The number of benzene rings is 1. The maximum atomic E-state index is 12.2. The molecule has 1 atom stereocenters. The van der Waals surface area contributed by atoms with Crippen molar-refractivity contribution in [1.82, 2.24) is 4.90 Å². The number of Topliss-reactive ketones (excluding diaryl/α,β-unsaturated/α-hetero) is 1. The molecule has 1 unspecified atom stereocenters. The lowest BCUT2D eigenvalue weighted by molar-refractivity contribution is -0.149. The van der Waals surface area contributed by atoms with Crippen LogP contribution in [0, 0.1) is 5.92 Å². The molecule has 0 radical (unpaired) electrons. The summed E-state index contributed by atoms with van der Waals surface area (Å²) in [7, 11) is 1.64. The SMILES string of the molecule is COc1cccc(CC2CN(C(=O)C(=O)CC(C)C)CCO2)c1. The van der Waals surface area contributed by atoms with Crippen LogP contribution < -0.4 is 4.74 Å². The van der Waals surface area contributed by atoms with E-state index >= 15 is 0 Å². The Morgan fingerprint density at radius 1 is 1.39 bits per heavy atom. The molecular weight excluding hydrogens is 294 g/mol. The van der Waals surface area contributed by atoms with Gasteiger partial charge in [-0.15, -0.1) is 0 Å². The van der Waals surface area contributed by atoms with Crippen LogP contribution >= 0.6 is 0 Å². The zero-order valence-electron chi connectivity index (χ0n) is 14.1. The summed E-state index contributed by atoms with van der Waals surface area (Å²) < 4.78 is 11.0. The molecule has 0 saturated carbocycles. The molecule has 0 aromatic heterocycles. The van der Waals surface area contributed by atoms with Gasteiger partial charge in [0.05, 0.1) is 19.8 Å². The molecule has 1 fully saturated rings. The molecule has 126 valence electrons. The first-order valence-electron chi connectivity index (χ1n) is 8.06. The average molecular weight is 319 g/mol. The number of nitrogens with zero attached hydrogens (tertiary/aromatic N) is 1. The number of rotatable bonds is 6. The van der Waals surface area contributed by atoms with Gasteiger partial charge in [-0.1, -0.05) is 26.0 Å². The van der Waals surface area contributed by atoms with Gasteiger partial charge in [0.2, 0.25) is 5.78 Å². The summed E-state index contributed by atoms with van der Waals surface area (Å²) in [6.45, 7) is 5.29. The molecule has 1 aromatic carbocycles. The van der Waals surface area contributed by atoms with Crippen molar-refractivity contribution in [3.63, 3.8) is 0 Å². The number of morpholine rings is 1. The van der Waals surface area contributed by atoms with Crippen LogP contribution in [0.3, 0.4) is 0 Å². The van der Waals surface area contributed by atoms with E-state index in [1.807, 2.05) is 38.1 Å². The Labute approximate surface area is 137 Å². The Hall–Kier alpha value is -1.88. The van der Waals surface area contributed by atoms with Gasteiger partial charge in [-0.2, -0.15) is 0 Å². The summed E-state index contributed by atoms with van der Waals surface area (Å²) in [5, 5.41) is 0. The number of carbonyl (C=O) groups is 2. The van der Waals surface area contributed by atoms with Gasteiger partial charge in [0, 0.05) is 25.9 Å². The molecule has 5 nitrogen and oxygen atoms in total. The van der Waals surface area contributed by atoms with Gasteiger partial charge < -0.3 is 14.4 Å². The van der Waals surface area contributed by atoms with Crippen molar-refractivity contribution in [2.24, 2.45) is 5.92 Å². The third-order valence-electron chi connectivity index (χ3n) is 3.86. The molecule has 1 heterocycles. The van der Waals surface area contributed by atoms with E-state index in [1.54, 1.807) is 12.0 Å². The maximum Gasteiger partial charge on any atom is 0.290 e. The maximum absolute atomic E-state index is 12.2. The van der Waals surface area contributed by atoms with Crippen molar-refractivity contribution < 1.29 is 19.1 Å². The highest BCUT2D eigenvalue weighted by atomic mass is 16.5. The fourth-order valence-electron chi connectivity index (χ4n) is 2.72. The van der Waals surface area contributed by atoms with Crippen LogP contribution in [0.1, 0.15) is 25.8 Å². The Morgan fingerprint density at radius 3 is 2.87 bits per heavy atom. The molecule has 2 rings (SSSR count). The third-order valence-corrected chi connectivity index (χ3v) is 3.86. The minimum atomic E-state index is -0.377. The lowest BCUT2D eigenvalue weighted by Gasteiger charge is -2.32. The zero-order chi connectivity index (χ0) is 16.8. The van der Waals surface area contributed by atoms with Crippen LogP contribution in [-0.4, -0.2) is 49.5 Å². The number of carbonyl (C=O) groups excluding carboxylic acids is 2. The van der Waals surface area contributed by atoms with Crippen LogP contribution in [-0.2, 0) is 20.7 Å². The molecule has 0 spiro atoms. The largest absolute Gasteiger partial charge is 0.497 e. The minimum Gasteiger partial charge on any atom is -0.497 e. The first-order valence-corrected chi connectivity index (χ1v) is 8.06. The summed E-state index contributed by atoms with van der Waals surface area (Å²) in [6.07, 6.45) is 0.905. The van der Waals surface area contributed by atoms with E-state index < -0.39 is 0 Å². The Kier molecular flexibility index (Phi) is 6.16. The Bertz CT molecular complexity index is 556. The lowest BCUT2D eigenvalue weighted by Crippen LogP contribution is -2.48. The summed E-state index contributed by atoms with van der Waals surface area (Å²) >= 11 is 0. The van der Waals surface area contributed by atoms with Gasteiger partial charge in [-0.25, -0.2) is 0 Å². The Morgan fingerprint density at radius 2 is 2.17 bits per heavy atom. The van der Waals surface area contributed by atoms with Crippen molar-refractivity contribution >= 4 is 11.7 Å². The lowest BCUT2D eigenvalue weighted by atomic mass is 10.0. The van der Waals surface area contributed by atoms with Gasteiger partial charge in [-0.05, 0) is 23.6 Å². The van der Waals surface area contributed by atoms with Gasteiger partial charge in [0.25, 0.3) is 5.91 Å². The molecule has 1 amide bonds. The summed E-state index contributed by atoms with van der Waals surface area (Å²) in [5.41, 5.74) is 1.09. The second-order valence-electron chi connectivity index (χ2n) is 6.32. The van der Waals surface area contributed by atoms with Gasteiger partial charge in [0.15, 0.2) is 0 Å². The van der Waals surface area contributed by atoms with E-state index in [0.29, 0.717) is 32.5 Å². The topological polar surface area (TPSA) is 55.8 Å². The molecule has 5 heteroatoms. The fourth-order valence-corrected chi connectivity index (χ4v) is 2.72. The molecule has 0 aliphatic carbocycles. The quantitative estimate of drug-likeness (QED) is 0.753. The van der Waals surface area contributed by atoms with Gasteiger partial charge >= 0.3 is 0 Å². The number of amides is 1. The predicted molar refractivity (Wildman–Crippen MR) is 87.5 cm³/mol. The van der Waals surface area contributed by atoms with E-state index in [1.165, 1.54) is 0 Å². The van der Waals surface area contributed by atoms with E-state index in [4.69, 9.17) is 9.47 Å². The smallest absolute Gasteiger partial charge is 0.290 e. The first kappa shape index (κ1) is 17.5. The number of hydrogen-bond acceptors (Lipinski definition) is 4. The zero-order valence-corrected chi connectivity index (χ0v) is 14.1. The average Bonchev–Trinajstić information content (AvgIpc) is 2.54. The molecule has 23 heavy (non-hydrogen) atoms. The van der Waals surface area contributed by atoms with E-state index in [-0.39, 0.29) is 23.7 Å². The molecular formula is C18H25NO4. The van der Waals surface area contributed by atoms with E-state index in [0.717, 1.165) is 11.3 Å². The number of hydrogen-bond donors (Lipinski definition) is 0. The number of ether oxygens (including phenoxy) is 2. The standard InChI is InChI=1S/C18H25NO4/c1-13(2)9-17(20)18(21)19-7-8-23-16(12-19)11-14-5-4-6-15(10-14)22-3/h4-6,10,13,16H,7-9,11-12H2,1-3H3. The van der Waals surface area contributed by atoms with Crippen LogP contribution in [0.2, 0.25) is 0 Å². The first-order chi connectivity index (χ1) is 11.0. The van der Waals surface area contributed by atoms with Crippen molar-refractivity contribution in [3.05, 3.63) is 29.8 Å². The summed E-state index contributed by atoms with van der Waals surface area (Å²) in [6, 6.07) is 7.81. The van der Waals surface area contributed by atoms with E-state index in [2.05, 4.69) is 0 Å². The molecule has 1 aliphatic heterocycles. The highest BCUT2D eigenvalue weighted by Crippen LogP contribution is 2.17. The normalized spacial score (nSPS) is 18.1. The monoisotopic (exact) mass is 319 g/mol. The highest BCUT2D eigenvalue weighted by Gasteiger charge is 2.28. The van der Waals surface area contributed by atoms with Crippen LogP contribution in [0.15, 0.2) is 24.3 Å². The van der Waals surface area contributed by atoms with Crippen LogP contribution in [0.5, 0.6) is 5.75 Å². The second kappa shape index (κ2) is 8.11.